The first-order valence-corrected chi connectivity index (χ1v) is 12.5. The first-order chi connectivity index (χ1) is 17.4. The molecule has 0 bridgehead atoms. The van der Waals surface area contributed by atoms with E-state index < -0.39 is 48.4 Å². The fourth-order valence-electron chi connectivity index (χ4n) is 3.84. The van der Waals surface area contributed by atoms with Crippen LogP contribution in [-0.4, -0.2) is 83.3 Å². The van der Waals surface area contributed by atoms with Crippen LogP contribution in [-0.2, 0) is 30.3 Å². The number of aryl methyl sites for hydroxylation is 1. The van der Waals surface area contributed by atoms with Crippen LogP contribution in [0.25, 0.3) is 0 Å². The Kier molecular flexibility index (Phi) is 11.7. The van der Waals surface area contributed by atoms with Gasteiger partial charge in [0.2, 0.25) is 5.91 Å². The zero-order chi connectivity index (χ0) is 27.6. The van der Waals surface area contributed by atoms with Crippen molar-refractivity contribution >= 4 is 17.8 Å². The topological polar surface area (TPSA) is 154 Å². The summed E-state index contributed by atoms with van der Waals surface area (Å²) in [6, 6.07) is 8.61. The minimum absolute atomic E-state index is 0.115. The van der Waals surface area contributed by atoms with Crippen LogP contribution >= 0.6 is 0 Å². The summed E-state index contributed by atoms with van der Waals surface area (Å²) < 4.78 is 10.6. The standard InChI is InChI=1S/C27H40N2O8/c1-27(2,3)15-14-20(30)22(32)23(33)24(36-4)26(35)29-19-12-11-18(16-28-25(19)34)37-21(31)13-10-17-8-6-5-7-9-17/h5-9,14-15,18-20,22-24,30,32-33H,10-13,16H2,1-4H3,(H,28,34)(H,29,35)/b15-14+/t18-,19?,20-,22+,23-,24-/m1/s1. The van der Waals surface area contributed by atoms with Gasteiger partial charge in [-0.05, 0) is 30.2 Å². The molecule has 5 N–H and O–H groups in total. The van der Waals surface area contributed by atoms with Crippen molar-refractivity contribution in [1.82, 2.24) is 10.6 Å². The molecule has 0 saturated carbocycles. The molecule has 10 heteroatoms. The summed E-state index contributed by atoms with van der Waals surface area (Å²) in [6.45, 7) is 5.82. The Morgan fingerprint density at radius 2 is 1.81 bits per heavy atom. The smallest absolute Gasteiger partial charge is 0.306 e. The van der Waals surface area contributed by atoms with Crippen molar-refractivity contribution in [3.8, 4) is 0 Å². The number of methoxy groups -OCH3 is 1. The molecule has 1 aromatic carbocycles. The normalized spacial score (nSPS) is 21.9. The third-order valence-electron chi connectivity index (χ3n) is 5.99. The Labute approximate surface area is 218 Å². The molecule has 2 rings (SSSR count). The van der Waals surface area contributed by atoms with Gasteiger partial charge in [0.05, 0.1) is 6.54 Å². The molecule has 0 radical (unpaired) electrons. The van der Waals surface area contributed by atoms with Crippen LogP contribution in [0.3, 0.4) is 0 Å². The number of nitrogens with one attached hydrogen (secondary N) is 2. The minimum Gasteiger partial charge on any atom is -0.460 e. The van der Waals surface area contributed by atoms with Gasteiger partial charge in [-0.15, -0.1) is 0 Å². The number of benzene rings is 1. The van der Waals surface area contributed by atoms with Gasteiger partial charge in [-0.2, -0.15) is 0 Å². The summed E-state index contributed by atoms with van der Waals surface area (Å²) in [5, 5.41) is 36.2. The van der Waals surface area contributed by atoms with E-state index in [2.05, 4.69) is 10.6 Å². The molecule has 37 heavy (non-hydrogen) atoms. The summed E-state index contributed by atoms with van der Waals surface area (Å²) in [7, 11) is 1.18. The second kappa shape index (κ2) is 14.2. The molecular weight excluding hydrogens is 480 g/mol. The van der Waals surface area contributed by atoms with Crippen molar-refractivity contribution in [2.75, 3.05) is 13.7 Å². The summed E-state index contributed by atoms with van der Waals surface area (Å²) in [5.74, 6) is -1.66. The lowest BCUT2D eigenvalue weighted by molar-refractivity contribution is -0.151. The third kappa shape index (κ3) is 10.2. The van der Waals surface area contributed by atoms with Crippen molar-refractivity contribution in [3.05, 3.63) is 48.0 Å². The molecule has 206 valence electrons. The lowest BCUT2D eigenvalue weighted by Gasteiger charge is -2.28. The second-order valence-electron chi connectivity index (χ2n) is 10.3. The number of esters is 1. The number of allylic oxidation sites excluding steroid dienone is 1. The van der Waals surface area contributed by atoms with Crippen LogP contribution in [0.5, 0.6) is 0 Å². The van der Waals surface area contributed by atoms with Crippen LogP contribution in [0, 0.1) is 5.41 Å². The summed E-state index contributed by atoms with van der Waals surface area (Å²) in [4.78, 5) is 37.6. The molecule has 0 aliphatic carbocycles. The molecule has 1 saturated heterocycles. The highest BCUT2D eigenvalue weighted by molar-refractivity contribution is 5.89. The molecule has 0 spiro atoms. The minimum atomic E-state index is -1.75. The van der Waals surface area contributed by atoms with Crippen LogP contribution in [0.1, 0.15) is 45.6 Å². The van der Waals surface area contributed by atoms with Crippen LogP contribution in [0.15, 0.2) is 42.5 Å². The van der Waals surface area contributed by atoms with Gasteiger partial charge in [-0.1, -0.05) is 63.3 Å². The second-order valence-corrected chi connectivity index (χ2v) is 10.3. The number of amides is 2. The quantitative estimate of drug-likeness (QED) is 0.210. The van der Waals surface area contributed by atoms with Crippen molar-refractivity contribution < 1.29 is 39.2 Å². The van der Waals surface area contributed by atoms with Crippen molar-refractivity contribution in [2.45, 2.75) is 83.0 Å². The van der Waals surface area contributed by atoms with E-state index in [1.165, 1.54) is 13.2 Å². The van der Waals surface area contributed by atoms with Crippen molar-refractivity contribution in [1.29, 1.82) is 0 Å². The highest BCUT2D eigenvalue weighted by atomic mass is 16.5. The summed E-state index contributed by atoms with van der Waals surface area (Å²) in [6.07, 6.45) is -2.65. The van der Waals surface area contributed by atoms with E-state index in [0.29, 0.717) is 12.8 Å². The van der Waals surface area contributed by atoms with Crippen LogP contribution in [0.4, 0.5) is 0 Å². The number of rotatable bonds is 11. The van der Waals surface area contributed by atoms with E-state index in [1.54, 1.807) is 6.08 Å². The highest BCUT2D eigenvalue weighted by Gasteiger charge is 2.37. The Morgan fingerprint density at radius 1 is 1.14 bits per heavy atom. The largest absolute Gasteiger partial charge is 0.460 e. The fourth-order valence-corrected chi connectivity index (χ4v) is 3.84. The zero-order valence-corrected chi connectivity index (χ0v) is 21.9. The summed E-state index contributed by atoms with van der Waals surface area (Å²) >= 11 is 0. The molecule has 1 unspecified atom stereocenters. The number of aliphatic hydroxyl groups is 3. The van der Waals surface area contributed by atoms with Gasteiger partial charge < -0.3 is 35.4 Å². The van der Waals surface area contributed by atoms with Gasteiger partial charge in [0, 0.05) is 13.5 Å². The third-order valence-corrected chi connectivity index (χ3v) is 5.99. The predicted octanol–water partition coefficient (Wildman–Crippen LogP) is 0.626. The Hall–Kier alpha value is -2.79. The van der Waals surface area contributed by atoms with E-state index in [-0.39, 0.29) is 30.8 Å². The van der Waals surface area contributed by atoms with Gasteiger partial charge in [-0.25, -0.2) is 0 Å². The Balaban J connectivity index is 1.89. The highest BCUT2D eigenvalue weighted by Crippen LogP contribution is 2.17. The zero-order valence-electron chi connectivity index (χ0n) is 21.9. The van der Waals surface area contributed by atoms with Crippen LogP contribution < -0.4 is 10.6 Å². The van der Waals surface area contributed by atoms with E-state index in [4.69, 9.17) is 9.47 Å². The average molecular weight is 521 g/mol. The maximum absolute atomic E-state index is 12.8. The predicted molar refractivity (Wildman–Crippen MR) is 136 cm³/mol. The number of carbonyl (C=O) groups is 3. The van der Waals surface area contributed by atoms with Crippen molar-refractivity contribution in [3.63, 3.8) is 0 Å². The monoisotopic (exact) mass is 520 g/mol. The lowest BCUT2D eigenvalue weighted by Crippen LogP contribution is -2.55. The molecular formula is C27H40N2O8. The molecule has 1 fully saturated rings. The molecule has 1 aliphatic heterocycles. The average Bonchev–Trinajstić information content (AvgIpc) is 3.02. The Bertz CT molecular complexity index is 915. The van der Waals surface area contributed by atoms with E-state index in [0.717, 1.165) is 5.56 Å². The fraction of sp³-hybridized carbons (Fsp3) is 0.593. The number of carbonyl (C=O) groups excluding carboxylic acids is 3. The van der Waals surface area contributed by atoms with Gasteiger partial charge >= 0.3 is 5.97 Å². The van der Waals surface area contributed by atoms with Gasteiger partial charge in [0.15, 0.2) is 6.10 Å². The molecule has 0 aromatic heterocycles. The van der Waals surface area contributed by atoms with Gasteiger partial charge in [-0.3, -0.25) is 14.4 Å². The SMILES string of the molecule is CO[C@@H](C(=O)NC1CC[C@@H](OC(=O)CCc2ccccc2)CNC1=O)[C@H](O)[C@@H](O)[C@H](O)/C=C/C(C)(C)C. The maximum atomic E-state index is 12.8. The van der Waals surface area contributed by atoms with E-state index in [1.807, 2.05) is 51.1 Å². The van der Waals surface area contributed by atoms with Gasteiger partial charge in [0.25, 0.3) is 5.91 Å². The number of hydrogen-bond acceptors (Lipinski definition) is 8. The first kappa shape index (κ1) is 30.4. The van der Waals surface area contributed by atoms with E-state index >= 15 is 0 Å². The number of hydrogen-bond donors (Lipinski definition) is 5. The number of aliphatic hydroxyl groups excluding tert-OH is 3. The molecule has 1 aromatic rings. The number of ether oxygens (including phenoxy) is 2. The van der Waals surface area contributed by atoms with Gasteiger partial charge in [0.1, 0.15) is 30.5 Å². The maximum Gasteiger partial charge on any atom is 0.306 e. The Morgan fingerprint density at radius 3 is 2.43 bits per heavy atom. The first-order valence-electron chi connectivity index (χ1n) is 12.5. The summed E-state index contributed by atoms with van der Waals surface area (Å²) in [5.41, 5.74) is 0.763. The van der Waals surface area contributed by atoms with E-state index in [9.17, 15) is 29.7 Å². The molecule has 1 aliphatic rings. The van der Waals surface area contributed by atoms with Crippen LogP contribution in [0.2, 0.25) is 0 Å². The van der Waals surface area contributed by atoms with Crippen molar-refractivity contribution in [2.24, 2.45) is 5.41 Å². The lowest BCUT2D eigenvalue weighted by atomic mass is 9.94. The molecule has 2 amide bonds. The molecule has 1 heterocycles. The molecule has 10 nitrogen and oxygen atoms in total. The molecule has 6 atom stereocenters.